The number of aliphatic hydroxyl groups excluding tert-OH is 1. The maximum atomic E-state index is 10.5. The molecule has 0 saturated carbocycles. The summed E-state index contributed by atoms with van der Waals surface area (Å²) in [7, 11) is -4.22. The molecule has 1 fully saturated rings. The number of nitrogens with zero attached hydrogens (tertiary/aromatic N) is 1. The number of β-amino-alcohol motifs (C(OH)–C–C–N with tert-alkyl or cyclic N) is 1. The molecule has 6 nitrogen and oxygen atoms in total. The van der Waals surface area contributed by atoms with Gasteiger partial charge in [-0.25, -0.2) is 0 Å². The van der Waals surface area contributed by atoms with Crippen LogP contribution in [0.2, 0.25) is 8.67 Å². The van der Waals surface area contributed by atoms with Crippen molar-refractivity contribution in [2.24, 2.45) is 5.73 Å². The lowest BCUT2D eigenvalue weighted by molar-refractivity contribution is 0.0701. The summed E-state index contributed by atoms with van der Waals surface area (Å²) in [6.45, 7) is 4.50. The number of rotatable bonds is 5. The quantitative estimate of drug-likeness (QED) is 0.634. The van der Waals surface area contributed by atoms with Gasteiger partial charge in [-0.2, -0.15) is 8.42 Å². The molecule has 1 aliphatic heterocycles. The Balaban J connectivity index is 0.000000243. The minimum Gasteiger partial charge on any atom is -0.390 e. The van der Waals surface area contributed by atoms with Crippen LogP contribution in [0.1, 0.15) is 32.6 Å². The molecular weight excluding hydrogens is 395 g/mol. The van der Waals surface area contributed by atoms with Gasteiger partial charge in [0.05, 0.1) is 10.4 Å². The van der Waals surface area contributed by atoms with Crippen molar-refractivity contribution < 1.29 is 18.1 Å². The van der Waals surface area contributed by atoms with E-state index in [1.165, 1.54) is 25.7 Å². The largest absolute Gasteiger partial charge is 0.390 e. The summed E-state index contributed by atoms with van der Waals surface area (Å²) < 4.78 is 29.7. The topological polar surface area (TPSA) is 104 Å². The van der Waals surface area contributed by atoms with Gasteiger partial charge in [0.15, 0.2) is 0 Å². The normalized spacial score (nSPS) is 20.3. The fourth-order valence-electron chi connectivity index (χ4n) is 2.61. The van der Waals surface area contributed by atoms with Crippen LogP contribution in [0.25, 0.3) is 0 Å². The fourth-order valence-corrected chi connectivity index (χ4v) is 5.22. The van der Waals surface area contributed by atoms with Crippen LogP contribution in [0.4, 0.5) is 0 Å². The lowest BCUT2D eigenvalue weighted by Crippen LogP contribution is -2.45. The maximum absolute atomic E-state index is 10.5. The highest BCUT2D eigenvalue weighted by Crippen LogP contribution is 2.33. The fraction of sp³-hybridized carbons (Fsp3) is 0.714. The lowest BCUT2D eigenvalue weighted by Gasteiger charge is -2.36. The van der Waals surface area contributed by atoms with Crippen LogP contribution >= 0.6 is 34.5 Å². The van der Waals surface area contributed by atoms with Gasteiger partial charge in [-0.1, -0.05) is 36.5 Å². The van der Waals surface area contributed by atoms with E-state index in [1.807, 2.05) is 0 Å². The van der Waals surface area contributed by atoms with E-state index < -0.39 is 10.1 Å². The van der Waals surface area contributed by atoms with Crippen molar-refractivity contribution in [3.63, 3.8) is 0 Å². The van der Waals surface area contributed by atoms with Crippen LogP contribution in [0, 0.1) is 0 Å². The number of likely N-dealkylation sites (tertiary alicyclic amines) is 1. The third-order valence-corrected chi connectivity index (χ3v) is 6.45. The number of piperidine rings is 1. The first-order chi connectivity index (χ1) is 11.2. The predicted molar refractivity (Wildman–Crippen MR) is 98.7 cm³/mol. The Hall–Kier alpha value is 0.0700. The Bertz CT molecular complexity index is 610. The summed E-state index contributed by atoms with van der Waals surface area (Å²) in [5, 5.41) is 9.46. The number of aliphatic hydroxyl groups is 1. The first kappa shape index (κ1) is 22.1. The highest BCUT2D eigenvalue weighted by molar-refractivity contribution is 7.86. The second-order valence-electron chi connectivity index (χ2n) is 5.61. The molecule has 140 valence electrons. The third kappa shape index (κ3) is 7.13. The summed E-state index contributed by atoms with van der Waals surface area (Å²) in [5.41, 5.74) is 5.40. The number of halogens is 2. The Morgan fingerprint density at radius 2 is 2.12 bits per heavy atom. The van der Waals surface area contributed by atoms with Crippen molar-refractivity contribution in [3.05, 3.63) is 14.7 Å². The van der Waals surface area contributed by atoms with E-state index in [1.54, 1.807) is 0 Å². The summed E-state index contributed by atoms with van der Waals surface area (Å²) in [5.74, 6) is 0. The second kappa shape index (κ2) is 10.3. The van der Waals surface area contributed by atoms with Gasteiger partial charge < -0.3 is 10.8 Å². The van der Waals surface area contributed by atoms with Gasteiger partial charge in [0.2, 0.25) is 0 Å². The summed E-state index contributed by atoms with van der Waals surface area (Å²) in [6.07, 6.45) is 4.75. The van der Waals surface area contributed by atoms with Crippen LogP contribution < -0.4 is 5.73 Å². The summed E-state index contributed by atoms with van der Waals surface area (Å²) in [6, 6.07) is 1.78. The van der Waals surface area contributed by atoms with Crippen LogP contribution in [-0.4, -0.2) is 54.8 Å². The first-order valence-corrected chi connectivity index (χ1v) is 10.7. The molecule has 0 bridgehead atoms. The van der Waals surface area contributed by atoms with Crippen molar-refractivity contribution in [2.45, 2.75) is 49.6 Å². The third-order valence-electron chi connectivity index (χ3n) is 3.84. The predicted octanol–water partition coefficient (Wildman–Crippen LogP) is 2.87. The van der Waals surface area contributed by atoms with Crippen molar-refractivity contribution in [2.75, 3.05) is 19.6 Å². The molecule has 2 heterocycles. The SMILES string of the molecule is CC[C@H]1CCCCN1C[C@H](O)CN.O=S(=O)(O)c1cc(Cl)sc1Cl. The van der Waals surface area contributed by atoms with E-state index in [-0.39, 0.29) is 19.7 Å². The van der Waals surface area contributed by atoms with Gasteiger partial charge in [-0.05, 0) is 31.9 Å². The zero-order chi connectivity index (χ0) is 18.3. The molecule has 1 aliphatic rings. The lowest BCUT2D eigenvalue weighted by atomic mass is 9.99. The Morgan fingerprint density at radius 3 is 2.54 bits per heavy atom. The molecule has 10 heteroatoms. The van der Waals surface area contributed by atoms with E-state index in [9.17, 15) is 13.5 Å². The standard InChI is InChI=1S/C10H22N2O.C4H2Cl2O3S2/c1-2-9-5-3-4-6-12(9)8-10(13)7-11;5-3-1-2(4(6)10-3)11(7,8)9/h9-10,13H,2-8,11H2,1H3;1H,(H,7,8,9)/t9-,10+;/m0./s1. The minimum atomic E-state index is -4.22. The van der Waals surface area contributed by atoms with Gasteiger partial charge in [0.1, 0.15) is 9.23 Å². The van der Waals surface area contributed by atoms with Gasteiger partial charge in [-0.3, -0.25) is 9.45 Å². The molecule has 1 saturated heterocycles. The molecule has 1 aromatic rings. The highest BCUT2D eigenvalue weighted by Gasteiger charge is 2.22. The van der Waals surface area contributed by atoms with Gasteiger partial charge in [0, 0.05) is 19.1 Å². The zero-order valence-corrected chi connectivity index (χ0v) is 16.6. The average Bonchev–Trinajstić information content (AvgIpc) is 2.87. The van der Waals surface area contributed by atoms with E-state index in [2.05, 4.69) is 11.8 Å². The Labute approximate surface area is 157 Å². The van der Waals surface area contributed by atoms with Crippen molar-refractivity contribution in [3.8, 4) is 0 Å². The Kier molecular flexibility index (Phi) is 9.47. The molecule has 1 aromatic heterocycles. The highest BCUT2D eigenvalue weighted by atomic mass is 35.5. The molecule has 2 rings (SSSR count). The minimum absolute atomic E-state index is 0.0301. The average molecular weight is 419 g/mol. The number of nitrogens with two attached hydrogens (primary N) is 1. The molecule has 24 heavy (non-hydrogen) atoms. The molecular formula is C14H24Cl2N2O4S2. The molecule has 0 aromatic carbocycles. The van der Waals surface area contributed by atoms with Crippen LogP contribution in [0.15, 0.2) is 11.0 Å². The van der Waals surface area contributed by atoms with Gasteiger partial charge in [-0.15, -0.1) is 11.3 Å². The van der Waals surface area contributed by atoms with E-state index in [4.69, 9.17) is 33.5 Å². The van der Waals surface area contributed by atoms with Crippen LogP contribution in [0.3, 0.4) is 0 Å². The summed E-state index contributed by atoms with van der Waals surface area (Å²) >= 11 is 11.7. The molecule has 0 unspecified atom stereocenters. The smallest absolute Gasteiger partial charge is 0.296 e. The van der Waals surface area contributed by atoms with E-state index in [0.29, 0.717) is 12.6 Å². The van der Waals surface area contributed by atoms with E-state index >= 15 is 0 Å². The van der Waals surface area contributed by atoms with Gasteiger partial charge >= 0.3 is 0 Å². The molecule has 0 spiro atoms. The maximum Gasteiger partial charge on any atom is 0.296 e. The van der Waals surface area contributed by atoms with Crippen LogP contribution in [-0.2, 0) is 10.1 Å². The molecule has 0 amide bonds. The molecule has 2 atom stereocenters. The van der Waals surface area contributed by atoms with E-state index in [0.717, 1.165) is 30.5 Å². The van der Waals surface area contributed by atoms with Gasteiger partial charge in [0.25, 0.3) is 10.1 Å². The molecule has 0 radical (unpaired) electrons. The number of hydrogen-bond acceptors (Lipinski definition) is 6. The Morgan fingerprint density at radius 1 is 1.46 bits per heavy atom. The zero-order valence-electron chi connectivity index (χ0n) is 13.5. The monoisotopic (exact) mass is 418 g/mol. The number of thiophene rings is 1. The van der Waals surface area contributed by atoms with Crippen molar-refractivity contribution in [1.82, 2.24) is 4.90 Å². The summed E-state index contributed by atoms with van der Waals surface area (Å²) in [4.78, 5) is 2.05. The van der Waals surface area contributed by atoms with Crippen molar-refractivity contribution in [1.29, 1.82) is 0 Å². The van der Waals surface area contributed by atoms with Crippen LogP contribution in [0.5, 0.6) is 0 Å². The molecule has 0 aliphatic carbocycles. The second-order valence-corrected chi connectivity index (χ2v) is 9.28. The number of hydrogen-bond donors (Lipinski definition) is 3. The molecule has 4 N–H and O–H groups in total. The first-order valence-electron chi connectivity index (χ1n) is 7.73. The van der Waals surface area contributed by atoms with Crippen molar-refractivity contribution >= 4 is 44.7 Å².